The summed E-state index contributed by atoms with van der Waals surface area (Å²) in [5.41, 5.74) is 0. The van der Waals surface area contributed by atoms with Gasteiger partial charge in [0.2, 0.25) is 12.4 Å². The fourth-order valence-corrected chi connectivity index (χ4v) is 7.38. The Balaban J connectivity index is 2.61. The van der Waals surface area contributed by atoms with Crippen LogP contribution < -0.4 is 0 Å². The summed E-state index contributed by atoms with van der Waals surface area (Å²) in [5, 5.41) is 0. The van der Waals surface area contributed by atoms with E-state index in [1.165, 1.54) is 13.8 Å². The molecule has 0 N–H and O–H groups in total. The summed E-state index contributed by atoms with van der Waals surface area (Å²) >= 11 is 0. The van der Waals surface area contributed by atoms with Gasteiger partial charge in [-0.1, -0.05) is 0 Å². The van der Waals surface area contributed by atoms with Crippen LogP contribution >= 0.6 is 0 Å². The first-order chi connectivity index (χ1) is 22.5. The molecule has 1 unspecified atom stereocenters. The predicted octanol–water partition coefficient (Wildman–Crippen LogP) is 1.75. The molecule has 49 heavy (non-hydrogen) atoms. The van der Waals surface area contributed by atoms with E-state index >= 15 is 0 Å². The number of hydrogen-bond acceptors (Lipinski definition) is 17. The van der Waals surface area contributed by atoms with Gasteiger partial charge in [0.05, 0.1) is 6.61 Å². The Morgan fingerprint density at radius 3 is 1.29 bits per heavy atom. The molecule has 0 aromatic heterocycles. The first-order valence-electron chi connectivity index (χ1n) is 15.7. The fourth-order valence-electron chi connectivity index (χ4n) is 5.19. The maximum Gasteiger partial charge on any atom is 0.305 e. The Bertz CT molecular complexity index is 1200. The van der Waals surface area contributed by atoms with E-state index in [1.54, 1.807) is 0 Å². The SMILES string of the molecule is CC(=O)OC[C@H]1O[C@H](OC[C@H]2OC(OC(C)=O)[C@H](OC(C)=O)[C@@H](OC(C)=O)[C@@H]2OC(C)=O)[C@H](OC(C)=O)[C@@H](O[Si](C)(C)C)[C@H]1O[Si](C)(C)C. The van der Waals surface area contributed by atoms with Gasteiger partial charge in [-0.25, -0.2) is 0 Å². The molecule has 0 radical (unpaired) electrons. The predicted molar refractivity (Wildman–Crippen MR) is 170 cm³/mol. The van der Waals surface area contributed by atoms with E-state index in [4.69, 9.17) is 51.5 Å². The molecule has 2 aliphatic rings. The van der Waals surface area contributed by atoms with Gasteiger partial charge in [0.25, 0.3) is 0 Å². The molecule has 19 heteroatoms. The quantitative estimate of drug-likeness (QED) is 0.141. The van der Waals surface area contributed by atoms with Crippen LogP contribution in [0.25, 0.3) is 0 Å². The number of hydrogen-bond donors (Lipinski definition) is 0. The highest BCUT2D eigenvalue weighted by molar-refractivity contribution is 6.70. The fraction of sp³-hybridized carbons (Fsp3) is 0.800. The minimum absolute atomic E-state index is 0.258. The van der Waals surface area contributed by atoms with Crippen molar-refractivity contribution in [2.75, 3.05) is 13.2 Å². The Morgan fingerprint density at radius 1 is 0.449 bits per heavy atom. The third-order valence-electron chi connectivity index (χ3n) is 6.53. The summed E-state index contributed by atoms with van der Waals surface area (Å²) in [6.45, 7) is 17.6. The van der Waals surface area contributed by atoms with Crippen LogP contribution in [-0.4, -0.2) is 127 Å². The van der Waals surface area contributed by atoms with Crippen LogP contribution in [0.4, 0.5) is 0 Å². The minimum atomic E-state index is -2.41. The molecule has 2 rings (SSSR count). The zero-order chi connectivity index (χ0) is 37.4. The smallest absolute Gasteiger partial charge is 0.305 e. The molecule has 2 saturated heterocycles. The van der Waals surface area contributed by atoms with Crippen molar-refractivity contribution in [3.8, 4) is 0 Å². The molecular formula is C30H50O17Si2. The number of rotatable bonds is 14. The Hall–Kier alpha value is -2.95. The topological polar surface area (TPSA) is 204 Å². The van der Waals surface area contributed by atoms with Gasteiger partial charge in [0.1, 0.15) is 31.0 Å². The summed E-state index contributed by atoms with van der Waals surface area (Å²) < 4.78 is 64.0. The largest absolute Gasteiger partial charge is 0.463 e. The molecule has 0 saturated carbocycles. The van der Waals surface area contributed by atoms with E-state index in [1.807, 2.05) is 39.3 Å². The van der Waals surface area contributed by atoms with Crippen molar-refractivity contribution in [3.63, 3.8) is 0 Å². The van der Waals surface area contributed by atoms with E-state index in [9.17, 15) is 28.8 Å². The highest BCUT2D eigenvalue weighted by Gasteiger charge is 2.56. The van der Waals surface area contributed by atoms with E-state index in [0.29, 0.717) is 0 Å². The molecule has 2 heterocycles. The van der Waals surface area contributed by atoms with E-state index in [-0.39, 0.29) is 6.61 Å². The lowest BCUT2D eigenvalue weighted by Crippen LogP contribution is -2.66. The van der Waals surface area contributed by atoms with Crippen molar-refractivity contribution >= 4 is 52.5 Å². The second kappa shape index (κ2) is 17.8. The lowest BCUT2D eigenvalue weighted by molar-refractivity contribution is -0.327. The van der Waals surface area contributed by atoms with E-state index in [0.717, 1.165) is 27.7 Å². The third-order valence-corrected chi connectivity index (χ3v) is 8.49. The molecule has 2 fully saturated rings. The van der Waals surface area contributed by atoms with Crippen molar-refractivity contribution in [2.45, 2.75) is 142 Å². The molecular weight excluding hydrogens is 688 g/mol. The normalized spacial score (nSPS) is 30.4. The molecule has 0 spiro atoms. The molecule has 0 aliphatic carbocycles. The Labute approximate surface area is 288 Å². The summed E-state index contributed by atoms with van der Waals surface area (Å²) in [7, 11) is -4.75. The number of ether oxygens (including phenoxy) is 9. The molecule has 280 valence electrons. The van der Waals surface area contributed by atoms with Gasteiger partial charge in [-0.05, 0) is 39.3 Å². The first kappa shape index (κ1) is 42.2. The lowest BCUT2D eigenvalue weighted by atomic mass is 9.97. The molecule has 17 nitrogen and oxygen atoms in total. The third kappa shape index (κ3) is 14.1. The van der Waals surface area contributed by atoms with Gasteiger partial charge in [-0.3, -0.25) is 28.8 Å². The zero-order valence-electron chi connectivity index (χ0n) is 30.1. The van der Waals surface area contributed by atoms with Crippen LogP contribution in [0.15, 0.2) is 0 Å². The Morgan fingerprint density at radius 2 is 0.837 bits per heavy atom. The van der Waals surface area contributed by atoms with Crippen molar-refractivity contribution in [2.24, 2.45) is 0 Å². The lowest BCUT2D eigenvalue weighted by Gasteiger charge is -2.49. The first-order valence-corrected chi connectivity index (χ1v) is 22.6. The van der Waals surface area contributed by atoms with Gasteiger partial charge in [-0.2, -0.15) is 0 Å². The average Bonchev–Trinajstić information content (AvgIpc) is 2.90. The van der Waals surface area contributed by atoms with Crippen molar-refractivity contribution in [1.82, 2.24) is 0 Å². The maximum absolute atomic E-state index is 12.5. The van der Waals surface area contributed by atoms with Crippen molar-refractivity contribution in [1.29, 1.82) is 0 Å². The van der Waals surface area contributed by atoms with Crippen molar-refractivity contribution < 1.29 is 80.3 Å². The number of carbonyl (C=O) groups excluding carboxylic acids is 6. The second-order valence-electron chi connectivity index (χ2n) is 13.5. The van der Waals surface area contributed by atoms with Gasteiger partial charge >= 0.3 is 35.8 Å². The Kier molecular flexibility index (Phi) is 15.4. The van der Waals surface area contributed by atoms with Gasteiger partial charge < -0.3 is 51.5 Å². The van der Waals surface area contributed by atoms with Crippen LogP contribution in [0, 0.1) is 0 Å². The van der Waals surface area contributed by atoms with E-state index < -0.39 is 120 Å². The molecule has 0 aromatic rings. The highest BCUT2D eigenvalue weighted by Crippen LogP contribution is 2.35. The van der Waals surface area contributed by atoms with Crippen LogP contribution in [0.2, 0.25) is 39.3 Å². The molecule has 10 atom stereocenters. The van der Waals surface area contributed by atoms with Gasteiger partial charge in [-0.15, -0.1) is 0 Å². The molecule has 0 aromatic carbocycles. The van der Waals surface area contributed by atoms with Gasteiger partial charge in [0, 0.05) is 41.5 Å². The number of esters is 6. The number of carbonyl (C=O) groups is 6. The summed E-state index contributed by atoms with van der Waals surface area (Å²) in [6, 6.07) is 0. The molecule has 2 aliphatic heterocycles. The molecule has 0 amide bonds. The average molecular weight is 739 g/mol. The second-order valence-corrected chi connectivity index (χ2v) is 22.4. The van der Waals surface area contributed by atoms with Crippen LogP contribution in [-0.2, 0) is 80.3 Å². The van der Waals surface area contributed by atoms with Crippen LogP contribution in [0.3, 0.4) is 0 Å². The van der Waals surface area contributed by atoms with Crippen molar-refractivity contribution in [3.05, 3.63) is 0 Å². The summed E-state index contributed by atoms with van der Waals surface area (Å²) in [6.07, 6.45) is -12.9. The minimum Gasteiger partial charge on any atom is -0.463 e. The summed E-state index contributed by atoms with van der Waals surface area (Å²) in [4.78, 5) is 72.8. The van der Waals surface area contributed by atoms with Crippen LogP contribution in [0.5, 0.6) is 0 Å². The van der Waals surface area contributed by atoms with Gasteiger partial charge in [0.15, 0.2) is 41.2 Å². The zero-order valence-corrected chi connectivity index (χ0v) is 32.1. The van der Waals surface area contributed by atoms with Crippen LogP contribution in [0.1, 0.15) is 41.5 Å². The maximum atomic E-state index is 12.5. The highest BCUT2D eigenvalue weighted by atomic mass is 28.4. The standard InChI is InChI=1S/C30H50O17Si2/c1-15(31)37-13-22-24(46-48(7,8)9)26(47-49(10,11)12)28(42-19(5)35)29(44-22)38-14-21-23(39-16(2)32)25(40-17(3)33)27(41-18(4)34)30(45-21)43-20(6)36/h21-30H,13-14H2,1-12H3/t21-,22-,23-,24+,25+,26+,27-,28-,29+,30?/m1/s1. The van der Waals surface area contributed by atoms with E-state index in [2.05, 4.69) is 0 Å². The molecule has 0 bridgehead atoms. The monoisotopic (exact) mass is 738 g/mol. The summed E-state index contributed by atoms with van der Waals surface area (Å²) in [5.74, 6) is -4.56.